The van der Waals surface area contributed by atoms with Crippen molar-refractivity contribution in [2.75, 3.05) is 14.1 Å². The maximum absolute atomic E-state index is 13.8. The highest BCUT2D eigenvalue weighted by molar-refractivity contribution is 5.91. The number of likely N-dealkylation sites (N-methyl/N-ethyl adjacent to an activating group) is 2. The number of carbonyl (C=O) groups excluding carboxylic acids is 2. The Hall–Kier alpha value is -2.67. The number of aliphatic carboxylic acids is 1. The first kappa shape index (κ1) is 31.4. The summed E-state index contributed by atoms with van der Waals surface area (Å²) in [5.41, 5.74) is 0.243. The summed E-state index contributed by atoms with van der Waals surface area (Å²) in [5, 5.41) is 15.7. The molecule has 0 unspecified atom stereocenters. The molecule has 3 atom stereocenters. The van der Waals surface area contributed by atoms with E-state index in [9.17, 15) is 19.5 Å². The molecule has 2 amide bonds. The minimum Gasteiger partial charge on any atom is -0.478 e. The third-order valence-electron chi connectivity index (χ3n) is 7.35. The first-order valence-electron chi connectivity index (χ1n) is 12.9. The molecule has 1 aromatic rings. The van der Waals surface area contributed by atoms with E-state index < -0.39 is 34.9 Å². The SMILES string of the molecule is CCC(CC)(c1ccccc1)[C@@H](NC)C(=O)N[C@H](C(=O)N(C)[C@H](C=C(C)C(=O)O)C(C)C)C(C)(C)C. The lowest BCUT2D eigenvalue weighted by atomic mass is 9.69. The molecule has 0 saturated heterocycles. The Morgan fingerprint density at radius 3 is 1.94 bits per heavy atom. The van der Waals surface area contributed by atoms with E-state index >= 15 is 0 Å². The van der Waals surface area contributed by atoms with E-state index in [2.05, 4.69) is 36.6 Å². The van der Waals surface area contributed by atoms with E-state index in [0.29, 0.717) is 0 Å². The summed E-state index contributed by atoms with van der Waals surface area (Å²) < 4.78 is 0. The number of nitrogens with one attached hydrogen (secondary N) is 2. The van der Waals surface area contributed by atoms with Crippen LogP contribution in [-0.4, -0.2) is 60.0 Å². The van der Waals surface area contributed by atoms with Gasteiger partial charge in [-0.05, 0) is 43.7 Å². The summed E-state index contributed by atoms with van der Waals surface area (Å²) in [6, 6.07) is 8.25. The van der Waals surface area contributed by atoms with Crippen LogP contribution >= 0.6 is 0 Å². The quantitative estimate of drug-likeness (QED) is 0.369. The molecule has 1 rings (SSSR count). The standard InChI is InChI=1S/C29H47N3O4/c1-11-29(12-2,21-16-14-13-15-17-21)23(30-9)25(33)31-24(28(6,7)8)26(34)32(10)22(19(3)4)18-20(5)27(35)36/h13-19,22-24,30H,11-12H2,1-10H3,(H,31,33)(H,35,36)/t22-,23+,24-/m1/s1. The van der Waals surface area contributed by atoms with E-state index in [1.807, 2.05) is 52.8 Å². The molecule has 3 N–H and O–H groups in total. The Morgan fingerprint density at radius 1 is 1.03 bits per heavy atom. The summed E-state index contributed by atoms with van der Waals surface area (Å²) in [4.78, 5) is 40.6. The Morgan fingerprint density at radius 2 is 1.56 bits per heavy atom. The van der Waals surface area contributed by atoms with E-state index in [1.165, 1.54) is 6.92 Å². The molecule has 0 fully saturated rings. The molecule has 0 bridgehead atoms. The van der Waals surface area contributed by atoms with E-state index in [1.54, 1.807) is 25.1 Å². The second-order valence-corrected chi connectivity index (χ2v) is 11.1. The van der Waals surface area contributed by atoms with Crippen molar-refractivity contribution >= 4 is 17.8 Å². The van der Waals surface area contributed by atoms with Crippen LogP contribution < -0.4 is 10.6 Å². The zero-order chi connectivity index (χ0) is 27.8. The average Bonchev–Trinajstić information content (AvgIpc) is 2.82. The Bertz CT molecular complexity index is 914. The lowest BCUT2D eigenvalue weighted by Crippen LogP contribution is -2.62. The van der Waals surface area contributed by atoms with Gasteiger partial charge in [0.15, 0.2) is 0 Å². The molecule has 202 valence electrons. The molecule has 7 nitrogen and oxygen atoms in total. The minimum atomic E-state index is -1.02. The molecule has 1 aromatic carbocycles. The van der Waals surface area contributed by atoms with Crippen LogP contribution in [0.4, 0.5) is 0 Å². The van der Waals surface area contributed by atoms with Gasteiger partial charge in [0.1, 0.15) is 6.04 Å². The van der Waals surface area contributed by atoms with Gasteiger partial charge < -0.3 is 20.6 Å². The molecule has 0 heterocycles. The maximum Gasteiger partial charge on any atom is 0.331 e. The Kier molecular flexibility index (Phi) is 11.4. The van der Waals surface area contributed by atoms with Crippen molar-refractivity contribution in [1.82, 2.24) is 15.5 Å². The van der Waals surface area contributed by atoms with Crippen LogP contribution in [0.25, 0.3) is 0 Å². The summed E-state index contributed by atoms with van der Waals surface area (Å²) >= 11 is 0. The fraction of sp³-hybridized carbons (Fsp3) is 0.621. The third kappa shape index (κ3) is 7.19. The molecule has 0 saturated carbocycles. The highest BCUT2D eigenvalue weighted by Crippen LogP contribution is 2.36. The number of carbonyl (C=O) groups is 3. The van der Waals surface area contributed by atoms with Gasteiger partial charge in [-0.15, -0.1) is 0 Å². The van der Waals surface area contributed by atoms with Crippen LogP contribution in [0.15, 0.2) is 42.0 Å². The van der Waals surface area contributed by atoms with Crippen LogP contribution in [0.3, 0.4) is 0 Å². The first-order valence-corrected chi connectivity index (χ1v) is 12.9. The molecular weight excluding hydrogens is 454 g/mol. The van der Waals surface area contributed by atoms with Crippen molar-refractivity contribution in [3.05, 3.63) is 47.5 Å². The van der Waals surface area contributed by atoms with Crippen LogP contribution in [0.1, 0.15) is 73.8 Å². The fourth-order valence-electron chi connectivity index (χ4n) is 4.97. The number of nitrogens with zero attached hydrogens (tertiary/aromatic N) is 1. The minimum absolute atomic E-state index is 0.0134. The molecule has 0 spiro atoms. The predicted molar refractivity (Wildman–Crippen MR) is 146 cm³/mol. The molecule has 0 radical (unpaired) electrons. The fourth-order valence-corrected chi connectivity index (χ4v) is 4.97. The Labute approximate surface area is 217 Å². The molecule has 36 heavy (non-hydrogen) atoms. The molecule has 0 aromatic heterocycles. The van der Waals surface area contributed by atoms with Crippen molar-refractivity contribution in [3.8, 4) is 0 Å². The van der Waals surface area contributed by atoms with Gasteiger partial charge in [0.05, 0.1) is 12.1 Å². The third-order valence-corrected chi connectivity index (χ3v) is 7.35. The van der Waals surface area contributed by atoms with Gasteiger partial charge in [0.2, 0.25) is 11.8 Å². The van der Waals surface area contributed by atoms with E-state index in [-0.39, 0.29) is 23.3 Å². The summed E-state index contributed by atoms with van der Waals surface area (Å²) in [6.07, 6.45) is 3.10. The average molecular weight is 502 g/mol. The van der Waals surface area contributed by atoms with Crippen molar-refractivity contribution in [2.24, 2.45) is 11.3 Å². The molecule has 0 aliphatic carbocycles. The van der Waals surface area contributed by atoms with Gasteiger partial charge in [-0.1, -0.05) is 84.9 Å². The lowest BCUT2D eigenvalue weighted by molar-refractivity contribution is -0.141. The van der Waals surface area contributed by atoms with Gasteiger partial charge in [0.25, 0.3) is 0 Å². The monoisotopic (exact) mass is 501 g/mol. The number of hydrogen-bond donors (Lipinski definition) is 3. The number of hydrogen-bond acceptors (Lipinski definition) is 4. The normalized spacial score (nSPS) is 15.2. The van der Waals surface area contributed by atoms with Crippen LogP contribution in [0.5, 0.6) is 0 Å². The van der Waals surface area contributed by atoms with E-state index in [0.717, 1.165) is 18.4 Å². The van der Waals surface area contributed by atoms with Gasteiger partial charge in [-0.25, -0.2) is 4.79 Å². The van der Waals surface area contributed by atoms with Crippen LogP contribution in [0, 0.1) is 11.3 Å². The van der Waals surface area contributed by atoms with Crippen molar-refractivity contribution in [1.29, 1.82) is 0 Å². The molecule has 0 aliphatic heterocycles. The highest BCUT2D eigenvalue weighted by atomic mass is 16.4. The number of carboxylic acid groups (broad SMARTS) is 1. The highest BCUT2D eigenvalue weighted by Gasteiger charge is 2.44. The molecule has 0 aliphatic rings. The first-order chi connectivity index (χ1) is 16.7. The van der Waals surface area contributed by atoms with Gasteiger partial charge in [-0.3, -0.25) is 9.59 Å². The van der Waals surface area contributed by atoms with Crippen molar-refractivity contribution in [2.45, 2.75) is 91.8 Å². The van der Waals surface area contributed by atoms with Crippen molar-refractivity contribution in [3.63, 3.8) is 0 Å². The van der Waals surface area contributed by atoms with Gasteiger partial charge in [-0.2, -0.15) is 0 Å². The maximum atomic E-state index is 13.8. The zero-order valence-corrected chi connectivity index (χ0v) is 23.8. The number of benzene rings is 1. The van der Waals surface area contributed by atoms with E-state index in [4.69, 9.17) is 0 Å². The summed E-state index contributed by atoms with van der Waals surface area (Å²) in [6.45, 7) is 15.3. The van der Waals surface area contributed by atoms with Gasteiger partial charge >= 0.3 is 5.97 Å². The number of amides is 2. The molecule has 7 heteroatoms. The predicted octanol–water partition coefficient (Wildman–Crippen LogP) is 4.38. The van der Waals surface area contributed by atoms with Gasteiger partial charge in [0, 0.05) is 18.0 Å². The molecular formula is C29H47N3O4. The zero-order valence-electron chi connectivity index (χ0n) is 23.8. The Balaban J connectivity index is 3.41. The summed E-state index contributed by atoms with van der Waals surface area (Å²) in [5.74, 6) is -1.52. The van der Waals surface area contributed by atoms with Crippen LogP contribution in [0.2, 0.25) is 0 Å². The smallest absolute Gasteiger partial charge is 0.331 e. The van der Waals surface area contributed by atoms with Crippen molar-refractivity contribution < 1.29 is 19.5 Å². The lowest BCUT2D eigenvalue weighted by Gasteiger charge is -2.42. The largest absolute Gasteiger partial charge is 0.478 e. The number of carboxylic acids is 1. The summed E-state index contributed by atoms with van der Waals surface area (Å²) in [7, 11) is 3.45. The van der Waals surface area contributed by atoms with Crippen LogP contribution in [-0.2, 0) is 19.8 Å². The second kappa shape index (κ2) is 13.0. The second-order valence-electron chi connectivity index (χ2n) is 11.1. The number of rotatable bonds is 12. The topological polar surface area (TPSA) is 98.7 Å².